The molecular weight excluding hydrogens is 324 g/mol. The van der Waals surface area contributed by atoms with Gasteiger partial charge in [0, 0.05) is 17.9 Å². The maximum absolute atomic E-state index is 13.2. The van der Waals surface area contributed by atoms with E-state index in [1.165, 1.54) is 0 Å². The second kappa shape index (κ2) is 6.94. The lowest BCUT2D eigenvalue weighted by molar-refractivity contribution is -0.136. The summed E-state index contributed by atoms with van der Waals surface area (Å²) in [5.41, 5.74) is 3.71. The largest absolute Gasteiger partial charge is 0.325 e. The van der Waals surface area contributed by atoms with Crippen LogP contribution in [0.4, 0.5) is 11.4 Å². The molecule has 2 amide bonds. The average Bonchev–Trinajstić information content (AvgIpc) is 2.63. The second-order valence-electron chi connectivity index (χ2n) is 7.53. The first-order valence-electron chi connectivity index (χ1n) is 9.10. The van der Waals surface area contributed by atoms with Gasteiger partial charge in [-0.25, -0.2) is 0 Å². The molecule has 0 aromatic heterocycles. The van der Waals surface area contributed by atoms with Crippen molar-refractivity contribution in [2.45, 2.75) is 40.5 Å². The minimum absolute atomic E-state index is 0.159. The number of carbonyl (C=O) groups excluding carboxylic acids is 2. The molecule has 2 aromatic carbocycles. The Hall–Kier alpha value is -2.62. The van der Waals surface area contributed by atoms with Crippen LogP contribution in [-0.4, -0.2) is 18.4 Å². The maximum atomic E-state index is 13.2. The van der Waals surface area contributed by atoms with Crippen LogP contribution < -0.4 is 10.2 Å². The van der Waals surface area contributed by atoms with Crippen LogP contribution in [-0.2, 0) is 16.0 Å². The van der Waals surface area contributed by atoms with E-state index in [0.29, 0.717) is 6.54 Å². The van der Waals surface area contributed by atoms with E-state index in [2.05, 4.69) is 11.4 Å². The predicted molar refractivity (Wildman–Crippen MR) is 105 cm³/mol. The minimum Gasteiger partial charge on any atom is -0.325 e. The third kappa shape index (κ3) is 3.24. The molecule has 4 heteroatoms. The van der Waals surface area contributed by atoms with Gasteiger partial charge in [-0.15, -0.1) is 0 Å². The summed E-state index contributed by atoms with van der Waals surface area (Å²) < 4.78 is 0. The van der Waals surface area contributed by atoms with Gasteiger partial charge in [-0.1, -0.05) is 36.4 Å². The van der Waals surface area contributed by atoms with Crippen molar-refractivity contribution in [2.75, 3.05) is 16.8 Å². The fraction of sp³-hybridized carbons (Fsp3) is 0.364. The maximum Gasteiger partial charge on any atom is 0.242 e. The van der Waals surface area contributed by atoms with E-state index in [9.17, 15) is 9.59 Å². The molecule has 0 atom stereocenters. The van der Waals surface area contributed by atoms with Crippen molar-refractivity contribution >= 4 is 23.2 Å². The van der Waals surface area contributed by atoms with Gasteiger partial charge in [0.25, 0.3) is 0 Å². The number of nitrogens with zero attached hydrogens (tertiary/aromatic N) is 1. The van der Waals surface area contributed by atoms with E-state index in [4.69, 9.17) is 0 Å². The second-order valence-corrected chi connectivity index (χ2v) is 7.53. The number of amides is 2. The number of para-hydroxylation sites is 2. The fourth-order valence-electron chi connectivity index (χ4n) is 3.46. The van der Waals surface area contributed by atoms with Gasteiger partial charge in [-0.2, -0.15) is 0 Å². The van der Waals surface area contributed by atoms with Gasteiger partial charge in [0.05, 0.1) is 0 Å². The molecule has 0 bridgehead atoms. The molecule has 0 saturated heterocycles. The monoisotopic (exact) mass is 350 g/mol. The van der Waals surface area contributed by atoms with Crippen molar-refractivity contribution in [3.63, 3.8) is 0 Å². The van der Waals surface area contributed by atoms with Gasteiger partial charge in [0.2, 0.25) is 11.8 Å². The van der Waals surface area contributed by atoms with Gasteiger partial charge in [0.1, 0.15) is 5.41 Å². The minimum atomic E-state index is -1.15. The number of fused-ring (bicyclic) bond motifs is 1. The number of benzene rings is 2. The van der Waals surface area contributed by atoms with Crippen LogP contribution in [0.15, 0.2) is 42.5 Å². The van der Waals surface area contributed by atoms with Crippen molar-refractivity contribution in [1.82, 2.24) is 0 Å². The summed E-state index contributed by atoms with van der Waals surface area (Å²) in [5, 5.41) is 2.98. The lowest BCUT2D eigenvalue weighted by Crippen LogP contribution is -2.49. The molecule has 0 saturated carbocycles. The Morgan fingerprint density at radius 1 is 1.00 bits per heavy atom. The van der Waals surface area contributed by atoms with Crippen molar-refractivity contribution in [1.29, 1.82) is 0 Å². The predicted octanol–water partition coefficient (Wildman–Crippen LogP) is 4.25. The molecule has 2 aromatic rings. The molecule has 0 unspecified atom stereocenters. The molecule has 1 N–H and O–H groups in total. The summed E-state index contributed by atoms with van der Waals surface area (Å²) >= 11 is 0. The van der Waals surface area contributed by atoms with Gasteiger partial charge >= 0.3 is 0 Å². The molecule has 1 heterocycles. The molecule has 0 fully saturated rings. The lowest BCUT2D eigenvalue weighted by atomic mass is 9.88. The number of aryl methyl sites for hydroxylation is 3. The van der Waals surface area contributed by atoms with Crippen LogP contribution in [0.25, 0.3) is 0 Å². The molecule has 136 valence electrons. The van der Waals surface area contributed by atoms with E-state index >= 15 is 0 Å². The third-order valence-electron chi connectivity index (χ3n) is 5.18. The Morgan fingerprint density at radius 2 is 1.65 bits per heavy atom. The molecule has 1 aliphatic rings. The first-order chi connectivity index (χ1) is 12.3. The third-order valence-corrected chi connectivity index (χ3v) is 5.18. The first-order valence-corrected chi connectivity index (χ1v) is 9.10. The highest BCUT2D eigenvalue weighted by Gasteiger charge is 2.41. The highest BCUT2D eigenvalue weighted by atomic mass is 16.2. The Bertz CT molecular complexity index is 835. The summed E-state index contributed by atoms with van der Waals surface area (Å²) in [6.45, 7) is 7.97. The Labute approximate surface area is 155 Å². The van der Waals surface area contributed by atoms with E-state index in [-0.39, 0.29) is 11.8 Å². The number of rotatable bonds is 3. The van der Waals surface area contributed by atoms with Crippen molar-refractivity contribution < 1.29 is 9.59 Å². The molecule has 4 nitrogen and oxygen atoms in total. The van der Waals surface area contributed by atoms with Crippen molar-refractivity contribution in [3.8, 4) is 0 Å². The number of nitrogens with one attached hydrogen (secondary N) is 1. The summed E-state index contributed by atoms with van der Waals surface area (Å²) in [6.07, 6.45) is 1.88. The van der Waals surface area contributed by atoms with Gasteiger partial charge < -0.3 is 10.2 Å². The fourth-order valence-corrected chi connectivity index (χ4v) is 3.46. The summed E-state index contributed by atoms with van der Waals surface area (Å²) in [6, 6.07) is 13.8. The highest BCUT2D eigenvalue weighted by Crippen LogP contribution is 2.32. The van der Waals surface area contributed by atoms with Gasteiger partial charge in [-0.05, 0) is 63.3 Å². The molecular formula is C22H26N2O2. The van der Waals surface area contributed by atoms with Crippen LogP contribution in [0.2, 0.25) is 0 Å². The summed E-state index contributed by atoms with van der Waals surface area (Å²) in [5.74, 6) is -0.434. The first kappa shape index (κ1) is 18.2. The Balaban J connectivity index is 1.86. The van der Waals surface area contributed by atoms with E-state index < -0.39 is 5.41 Å². The van der Waals surface area contributed by atoms with Crippen molar-refractivity contribution in [3.05, 3.63) is 59.2 Å². The molecule has 26 heavy (non-hydrogen) atoms. The quantitative estimate of drug-likeness (QED) is 0.842. The Morgan fingerprint density at radius 3 is 2.35 bits per heavy atom. The molecule has 0 aliphatic carbocycles. The van der Waals surface area contributed by atoms with E-state index in [0.717, 1.165) is 40.9 Å². The SMILES string of the molecule is Cc1cccc(C)c1NC(=O)C(C)(C)C(=O)N1CCCc2ccccc21. The van der Waals surface area contributed by atoms with E-state index in [1.807, 2.05) is 50.2 Å². The number of hydrogen-bond acceptors (Lipinski definition) is 2. The number of carbonyl (C=O) groups is 2. The van der Waals surface area contributed by atoms with Crippen LogP contribution in [0, 0.1) is 19.3 Å². The lowest BCUT2D eigenvalue weighted by Gasteiger charge is -2.35. The van der Waals surface area contributed by atoms with Crippen LogP contribution in [0.5, 0.6) is 0 Å². The smallest absolute Gasteiger partial charge is 0.242 e. The van der Waals surface area contributed by atoms with Gasteiger partial charge in [-0.3, -0.25) is 9.59 Å². The highest BCUT2D eigenvalue weighted by molar-refractivity contribution is 6.15. The van der Waals surface area contributed by atoms with E-state index in [1.54, 1.807) is 18.7 Å². The zero-order valence-electron chi connectivity index (χ0n) is 15.9. The Kier molecular flexibility index (Phi) is 4.86. The topological polar surface area (TPSA) is 49.4 Å². The molecule has 0 radical (unpaired) electrons. The van der Waals surface area contributed by atoms with Crippen molar-refractivity contribution in [2.24, 2.45) is 5.41 Å². The average molecular weight is 350 g/mol. The molecule has 1 aliphatic heterocycles. The standard InChI is InChI=1S/C22H26N2O2/c1-15-9-7-10-16(2)19(15)23-20(25)22(3,4)21(26)24-14-8-12-17-11-5-6-13-18(17)24/h5-7,9-11,13H,8,12,14H2,1-4H3,(H,23,25). The molecule has 3 rings (SSSR count). The van der Waals surface area contributed by atoms with Crippen LogP contribution in [0.1, 0.15) is 37.0 Å². The zero-order valence-corrected chi connectivity index (χ0v) is 15.9. The number of hydrogen-bond donors (Lipinski definition) is 1. The van der Waals surface area contributed by atoms with Crippen LogP contribution >= 0.6 is 0 Å². The zero-order chi connectivity index (χ0) is 18.9. The number of anilines is 2. The summed E-state index contributed by atoms with van der Waals surface area (Å²) in [4.78, 5) is 28.0. The molecule has 0 spiro atoms. The van der Waals surface area contributed by atoms with Gasteiger partial charge in [0.15, 0.2) is 0 Å². The summed E-state index contributed by atoms with van der Waals surface area (Å²) in [7, 11) is 0. The van der Waals surface area contributed by atoms with Crippen LogP contribution in [0.3, 0.4) is 0 Å². The normalized spacial score (nSPS) is 13.9.